The van der Waals surface area contributed by atoms with Crippen LogP contribution in [0.5, 0.6) is 0 Å². The molecule has 2 rings (SSSR count). The highest BCUT2D eigenvalue weighted by Crippen LogP contribution is 2.08. The number of hydrogen-bond acceptors (Lipinski definition) is 4. The maximum Gasteiger partial charge on any atom is 0.335 e. The van der Waals surface area contributed by atoms with Crippen LogP contribution >= 0.6 is 0 Å². The fraction of sp³-hybridized carbons (Fsp3) is 0.500. The second kappa shape index (κ2) is 7.03. The number of amides is 2. The summed E-state index contributed by atoms with van der Waals surface area (Å²) in [5.41, 5.74) is 0.686. The van der Waals surface area contributed by atoms with E-state index in [4.69, 9.17) is 5.11 Å². The second-order valence-corrected chi connectivity index (χ2v) is 5.25. The standard InChI is InChI=1S/C14H20N4O3/c1-18-6-3-11(4-7-18)17-14(21)16-9-12-8-10(13(19)20)2-5-15-12/h2,5,8,11H,3-4,6-7,9H2,1H3,(H,19,20)(H2,16,17,21). The lowest BCUT2D eigenvalue weighted by atomic mass is 10.1. The lowest BCUT2D eigenvalue weighted by molar-refractivity contribution is 0.0696. The number of aromatic carboxylic acids is 1. The van der Waals surface area contributed by atoms with E-state index in [0.29, 0.717) is 5.69 Å². The smallest absolute Gasteiger partial charge is 0.335 e. The van der Waals surface area contributed by atoms with Crippen LogP contribution in [0.3, 0.4) is 0 Å². The van der Waals surface area contributed by atoms with Crippen LogP contribution in [0.15, 0.2) is 18.3 Å². The molecule has 0 aliphatic carbocycles. The fourth-order valence-corrected chi connectivity index (χ4v) is 2.27. The van der Waals surface area contributed by atoms with Crippen LogP contribution in [0.4, 0.5) is 4.79 Å². The van der Waals surface area contributed by atoms with Crippen LogP contribution < -0.4 is 10.6 Å². The number of carboxylic acid groups (broad SMARTS) is 1. The number of nitrogens with one attached hydrogen (secondary N) is 2. The average molecular weight is 292 g/mol. The van der Waals surface area contributed by atoms with Crippen LogP contribution in [0.2, 0.25) is 0 Å². The zero-order valence-corrected chi connectivity index (χ0v) is 12.0. The number of carboxylic acids is 1. The highest BCUT2D eigenvalue weighted by atomic mass is 16.4. The third-order valence-electron chi connectivity index (χ3n) is 3.55. The maximum absolute atomic E-state index is 11.8. The van der Waals surface area contributed by atoms with Gasteiger partial charge >= 0.3 is 12.0 Å². The van der Waals surface area contributed by atoms with E-state index in [1.54, 1.807) is 0 Å². The lowest BCUT2D eigenvalue weighted by Crippen LogP contribution is -2.46. The summed E-state index contributed by atoms with van der Waals surface area (Å²) in [5, 5.41) is 14.5. The van der Waals surface area contributed by atoms with Crippen molar-refractivity contribution in [3.63, 3.8) is 0 Å². The third-order valence-corrected chi connectivity index (χ3v) is 3.55. The molecule has 1 fully saturated rings. The average Bonchev–Trinajstić information content (AvgIpc) is 2.48. The summed E-state index contributed by atoms with van der Waals surface area (Å²) in [6.45, 7) is 2.17. The summed E-state index contributed by atoms with van der Waals surface area (Å²) < 4.78 is 0. The van der Waals surface area contributed by atoms with Gasteiger partial charge in [0.15, 0.2) is 0 Å². The zero-order chi connectivity index (χ0) is 15.2. The molecule has 7 heteroatoms. The van der Waals surface area contributed by atoms with Gasteiger partial charge in [-0.15, -0.1) is 0 Å². The Morgan fingerprint density at radius 3 is 2.81 bits per heavy atom. The minimum absolute atomic E-state index is 0.164. The molecule has 1 aliphatic heterocycles. The van der Waals surface area contributed by atoms with Crippen LogP contribution in [0.25, 0.3) is 0 Å². The zero-order valence-electron chi connectivity index (χ0n) is 12.0. The molecule has 1 aromatic rings. The molecule has 7 nitrogen and oxygen atoms in total. The van der Waals surface area contributed by atoms with Gasteiger partial charge in [0.1, 0.15) is 0 Å². The fourth-order valence-electron chi connectivity index (χ4n) is 2.27. The van der Waals surface area contributed by atoms with Crippen molar-refractivity contribution in [2.24, 2.45) is 0 Å². The minimum atomic E-state index is -1.01. The number of urea groups is 1. The SMILES string of the molecule is CN1CCC(NC(=O)NCc2cc(C(=O)O)ccn2)CC1. The number of piperidine rings is 1. The van der Waals surface area contributed by atoms with Crippen LogP contribution in [-0.2, 0) is 6.54 Å². The van der Waals surface area contributed by atoms with Gasteiger partial charge in [0.25, 0.3) is 0 Å². The van der Waals surface area contributed by atoms with Crippen molar-refractivity contribution >= 4 is 12.0 Å². The molecular weight excluding hydrogens is 272 g/mol. The number of nitrogens with zero attached hydrogens (tertiary/aromatic N) is 2. The number of hydrogen-bond donors (Lipinski definition) is 3. The minimum Gasteiger partial charge on any atom is -0.478 e. The molecule has 0 atom stereocenters. The van der Waals surface area contributed by atoms with Crippen molar-refractivity contribution in [1.82, 2.24) is 20.5 Å². The van der Waals surface area contributed by atoms with Crippen LogP contribution in [-0.4, -0.2) is 53.2 Å². The first-order valence-electron chi connectivity index (χ1n) is 6.95. The molecule has 21 heavy (non-hydrogen) atoms. The molecule has 1 aliphatic rings. The Morgan fingerprint density at radius 2 is 2.14 bits per heavy atom. The van der Waals surface area contributed by atoms with Crippen molar-refractivity contribution in [1.29, 1.82) is 0 Å². The number of likely N-dealkylation sites (tertiary alicyclic amines) is 1. The molecule has 0 spiro atoms. The Kier molecular flexibility index (Phi) is 5.10. The second-order valence-electron chi connectivity index (χ2n) is 5.25. The molecule has 0 radical (unpaired) electrons. The molecule has 0 bridgehead atoms. The van der Waals surface area contributed by atoms with E-state index in [9.17, 15) is 9.59 Å². The topological polar surface area (TPSA) is 94.6 Å². The van der Waals surface area contributed by atoms with E-state index < -0.39 is 5.97 Å². The normalized spacial score (nSPS) is 16.4. The molecule has 1 saturated heterocycles. The van der Waals surface area contributed by atoms with Gasteiger partial charge < -0.3 is 20.6 Å². The largest absolute Gasteiger partial charge is 0.478 e. The van der Waals surface area contributed by atoms with E-state index in [1.807, 2.05) is 0 Å². The quantitative estimate of drug-likeness (QED) is 0.758. The Balaban J connectivity index is 1.78. The van der Waals surface area contributed by atoms with Crippen molar-refractivity contribution in [3.8, 4) is 0 Å². The number of aromatic nitrogens is 1. The van der Waals surface area contributed by atoms with Gasteiger partial charge in [-0.1, -0.05) is 0 Å². The van der Waals surface area contributed by atoms with Gasteiger partial charge in [-0.3, -0.25) is 4.98 Å². The molecular formula is C14H20N4O3. The number of carbonyl (C=O) groups excluding carboxylic acids is 1. The van der Waals surface area contributed by atoms with E-state index in [0.717, 1.165) is 25.9 Å². The van der Waals surface area contributed by atoms with Crippen molar-refractivity contribution < 1.29 is 14.7 Å². The van der Waals surface area contributed by atoms with Gasteiger partial charge in [0, 0.05) is 12.2 Å². The summed E-state index contributed by atoms with van der Waals surface area (Å²) in [4.78, 5) is 28.9. The third kappa shape index (κ3) is 4.71. The first-order valence-corrected chi connectivity index (χ1v) is 6.95. The van der Waals surface area contributed by atoms with Gasteiger partial charge in [0.05, 0.1) is 17.8 Å². The maximum atomic E-state index is 11.8. The van der Waals surface area contributed by atoms with Gasteiger partial charge in [-0.2, -0.15) is 0 Å². The van der Waals surface area contributed by atoms with Crippen LogP contribution in [0, 0.1) is 0 Å². The Bertz CT molecular complexity index is 513. The summed E-state index contributed by atoms with van der Waals surface area (Å²) >= 11 is 0. The predicted molar refractivity (Wildman–Crippen MR) is 77.1 cm³/mol. The lowest BCUT2D eigenvalue weighted by Gasteiger charge is -2.29. The molecule has 0 saturated carbocycles. The van der Waals surface area contributed by atoms with Gasteiger partial charge in [0.2, 0.25) is 0 Å². The van der Waals surface area contributed by atoms with Crippen LogP contribution in [0.1, 0.15) is 28.9 Å². The van der Waals surface area contributed by atoms with Gasteiger partial charge in [-0.05, 0) is 45.1 Å². The number of rotatable bonds is 4. The Morgan fingerprint density at radius 1 is 1.43 bits per heavy atom. The molecule has 0 unspecified atom stereocenters. The first kappa shape index (κ1) is 15.2. The molecule has 2 heterocycles. The predicted octanol–water partition coefficient (Wildman–Crippen LogP) is 0.673. The number of pyridine rings is 1. The van der Waals surface area contributed by atoms with Crippen molar-refractivity contribution in [2.45, 2.75) is 25.4 Å². The van der Waals surface area contributed by atoms with Crippen molar-refractivity contribution in [3.05, 3.63) is 29.6 Å². The summed E-state index contributed by atoms with van der Waals surface area (Å²) in [6, 6.07) is 2.83. The highest BCUT2D eigenvalue weighted by Gasteiger charge is 2.18. The van der Waals surface area contributed by atoms with Gasteiger partial charge in [-0.25, -0.2) is 9.59 Å². The number of carbonyl (C=O) groups is 2. The monoisotopic (exact) mass is 292 g/mol. The summed E-state index contributed by atoms with van der Waals surface area (Å²) in [7, 11) is 2.07. The Labute approximate surface area is 123 Å². The molecule has 3 N–H and O–H groups in total. The van der Waals surface area contributed by atoms with E-state index in [-0.39, 0.29) is 24.2 Å². The van der Waals surface area contributed by atoms with Crippen molar-refractivity contribution in [2.75, 3.05) is 20.1 Å². The molecule has 1 aromatic heterocycles. The summed E-state index contributed by atoms with van der Waals surface area (Å²) in [5.74, 6) is -1.01. The Hall–Kier alpha value is -2.15. The first-order chi connectivity index (χ1) is 10.0. The van der Waals surface area contributed by atoms with E-state index in [2.05, 4.69) is 27.6 Å². The highest BCUT2D eigenvalue weighted by molar-refractivity contribution is 5.87. The van der Waals surface area contributed by atoms with E-state index in [1.165, 1.54) is 18.3 Å². The molecule has 0 aromatic carbocycles. The molecule has 2 amide bonds. The van der Waals surface area contributed by atoms with E-state index >= 15 is 0 Å². The summed E-state index contributed by atoms with van der Waals surface area (Å²) in [6.07, 6.45) is 3.31. The molecule has 114 valence electrons.